The van der Waals surface area contributed by atoms with E-state index in [1.54, 1.807) is 24.3 Å². The fourth-order valence-corrected chi connectivity index (χ4v) is 4.51. The van der Waals surface area contributed by atoms with Gasteiger partial charge in [-0.3, -0.25) is 4.57 Å². The molecule has 1 unspecified atom stereocenters. The van der Waals surface area contributed by atoms with Gasteiger partial charge in [-0.2, -0.15) is 0 Å². The van der Waals surface area contributed by atoms with Crippen LogP contribution in [0.4, 0.5) is 4.39 Å². The lowest BCUT2D eigenvalue weighted by molar-refractivity contribution is 0.0692. The normalized spacial score (nSPS) is 13.0. The molecule has 6 nitrogen and oxygen atoms in total. The van der Waals surface area contributed by atoms with E-state index in [0.29, 0.717) is 37.1 Å². The molecular weight excluding hydrogens is 570 g/mol. The van der Waals surface area contributed by atoms with E-state index in [-0.39, 0.29) is 12.2 Å². The van der Waals surface area contributed by atoms with Crippen LogP contribution in [0.1, 0.15) is 34.0 Å². The van der Waals surface area contributed by atoms with Crippen LogP contribution < -0.4 is 4.74 Å². The Hall–Kier alpha value is -2.32. The van der Waals surface area contributed by atoms with Gasteiger partial charge in [0.05, 0.1) is 14.5 Å². The maximum absolute atomic E-state index is 14.0. The van der Waals surface area contributed by atoms with E-state index in [2.05, 4.69) is 31.9 Å². The summed E-state index contributed by atoms with van der Waals surface area (Å²) < 4.78 is 32.1. The average Bonchev–Trinajstić information content (AvgIpc) is 2.72. The maximum atomic E-state index is 14.0. The third-order valence-electron chi connectivity index (χ3n) is 4.65. The van der Waals surface area contributed by atoms with Gasteiger partial charge in [0.2, 0.25) is 0 Å². The van der Waals surface area contributed by atoms with Crippen molar-refractivity contribution in [3.05, 3.63) is 85.5 Å². The molecule has 3 N–H and O–H groups in total. The molecule has 0 fully saturated rings. The van der Waals surface area contributed by atoms with E-state index >= 15 is 0 Å². The molecule has 0 radical (unpaired) electrons. The lowest BCUT2D eigenvalue weighted by Gasteiger charge is -2.18. The Morgan fingerprint density at radius 1 is 1.12 bits per heavy atom. The first-order chi connectivity index (χ1) is 15.0. The van der Waals surface area contributed by atoms with E-state index < -0.39 is 31.2 Å². The van der Waals surface area contributed by atoms with Crippen LogP contribution in [-0.2, 0) is 16.3 Å². The van der Waals surface area contributed by atoms with Gasteiger partial charge in [-0.1, -0.05) is 6.07 Å². The Morgan fingerprint density at radius 2 is 1.78 bits per heavy atom. The SMILES string of the molecule is CC(O)(P=O)c1cc(Br)c(Oc2ccc(O)c(Cc3ccc(C(=O)O)c(F)c3)c2)c(Br)c1. The molecule has 3 aromatic carbocycles. The summed E-state index contributed by atoms with van der Waals surface area (Å²) in [6.07, 6.45) is 0.145. The Morgan fingerprint density at radius 3 is 2.34 bits per heavy atom. The fourth-order valence-electron chi connectivity index (χ4n) is 2.93. The van der Waals surface area contributed by atoms with Crippen molar-refractivity contribution in [2.24, 2.45) is 0 Å². The highest BCUT2D eigenvalue weighted by Crippen LogP contribution is 2.43. The van der Waals surface area contributed by atoms with Crippen molar-refractivity contribution in [1.29, 1.82) is 0 Å². The molecule has 0 saturated heterocycles. The molecule has 0 amide bonds. The van der Waals surface area contributed by atoms with Crippen LogP contribution in [0.2, 0.25) is 0 Å². The Labute approximate surface area is 201 Å². The standard InChI is InChI=1S/C22H16Br2FO6P/c1-22(29,32-30)13-9-16(23)20(17(24)10-13)31-14-3-5-19(26)12(8-14)6-11-2-4-15(21(27)28)18(25)7-11/h2-5,7-10,26,29H,6H2,1H3,(H,27,28). The van der Waals surface area contributed by atoms with Gasteiger partial charge in [-0.15, -0.1) is 0 Å². The second kappa shape index (κ2) is 9.67. The summed E-state index contributed by atoms with van der Waals surface area (Å²) in [5, 5.41) is 27.8. The molecule has 0 saturated carbocycles. The zero-order valence-corrected chi connectivity index (χ0v) is 20.5. The molecule has 0 bridgehead atoms. The number of aromatic hydroxyl groups is 1. The first kappa shape index (κ1) is 24.3. The predicted molar refractivity (Wildman–Crippen MR) is 123 cm³/mol. The van der Waals surface area contributed by atoms with Crippen LogP contribution in [0.5, 0.6) is 17.2 Å². The van der Waals surface area contributed by atoms with Crippen molar-refractivity contribution >= 4 is 46.3 Å². The van der Waals surface area contributed by atoms with Crippen molar-refractivity contribution in [2.75, 3.05) is 0 Å². The van der Waals surface area contributed by atoms with Crippen LogP contribution in [0.3, 0.4) is 0 Å². The molecule has 0 aromatic heterocycles. The van der Waals surface area contributed by atoms with Crippen LogP contribution in [0.15, 0.2) is 57.5 Å². The quantitative estimate of drug-likeness (QED) is 0.270. The Kier molecular flexibility index (Phi) is 7.35. The molecule has 0 spiro atoms. The van der Waals surface area contributed by atoms with Gasteiger partial charge in [0, 0.05) is 12.0 Å². The zero-order valence-electron chi connectivity index (χ0n) is 16.5. The van der Waals surface area contributed by atoms with Crippen molar-refractivity contribution in [1.82, 2.24) is 0 Å². The van der Waals surface area contributed by atoms with Crippen molar-refractivity contribution < 1.29 is 33.8 Å². The number of carboxylic acids is 1. The number of aliphatic hydroxyl groups is 1. The molecule has 3 rings (SSSR count). The minimum Gasteiger partial charge on any atom is -0.508 e. The average molecular weight is 586 g/mol. The Bertz CT molecular complexity index is 1190. The van der Waals surface area contributed by atoms with E-state index in [1.165, 1.54) is 25.1 Å². The van der Waals surface area contributed by atoms with Crippen LogP contribution in [0.25, 0.3) is 0 Å². The molecule has 0 aliphatic rings. The summed E-state index contributed by atoms with van der Waals surface area (Å²) in [4.78, 5) is 11.0. The molecule has 1 atom stereocenters. The molecule has 0 aliphatic carbocycles. The Balaban J connectivity index is 1.89. The minimum atomic E-state index is -1.57. The highest BCUT2D eigenvalue weighted by atomic mass is 79.9. The van der Waals surface area contributed by atoms with E-state index in [9.17, 15) is 24.0 Å². The molecule has 10 heteroatoms. The summed E-state index contributed by atoms with van der Waals surface area (Å²) in [6.45, 7) is 1.41. The number of halogens is 3. The molecule has 166 valence electrons. The number of hydrogen-bond acceptors (Lipinski definition) is 5. The highest BCUT2D eigenvalue weighted by Gasteiger charge is 2.26. The van der Waals surface area contributed by atoms with Crippen molar-refractivity contribution in [3.63, 3.8) is 0 Å². The number of aromatic carboxylic acids is 1. The second-order valence-corrected chi connectivity index (χ2v) is 9.83. The van der Waals surface area contributed by atoms with Crippen molar-refractivity contribution in [3.8, 4) is 17.2 Å². The monoisotopic (exact) mass is 584 g/mol. The highest BCUT2D eigenvalue weighted by molar-refractivity contribution is 9.11. The fraction of sp³-hybridized carbons (Fsp3) is 0.136. The van der Waals surface area contributed by atoms with E-state index in [0.717, 1.165) is 6.07 Å². The van der Waals surface area contributed by atoms with Gasteiger partial charge < -0.3 is 20.1 Å². The first-order valence-electron chi connectivity index (χ1n) is 9.09. The van der Waals surface area contributed by atoms with E-state index in [1.807, 2.05) is 0 Å². The van der Waals surface area contributed by atoms with Gasteiger partial charge in [0.1, 0.15) is 17.3 Å². The molecule has 32 heavy (non-hydrogen) atoms. The van der Waals surface area contributed by atoms with Gasteiger partial charge >= 0.3 is 5.97 Å². The molecular formula is C22H16Br2FO6P. The topological polar surface area (TPSA) is 104 Å². The maximum Gasteiger partial charge on any atom is 0.338 e. The number of rotatable bonds is 7. The van der Waals surface area contributed by atoms with Gasteiger partial charge in [0.15, 0.2) is 19.6 Å². The van der Waals surface area contributed by atoms with Crippen molar-refractivity contribution in [2.45, 2.75) is 18.7 Å². The first-order valence-corrected chi connectivity index (χ1v) is 11.5. The largest absolute Gasteiger partial charge is 0.508 e. The summed E-state index contributed by atoms with van der Waals surface area (Å²) in [5.41, 5.74) is 0.898. The minimum absolute atomic E-state index is 0.0287. The number of phenolic OH excluding ortho intramolecular Hbond substituents is 1. The summed E-state index contributed by atoms with van der Waals surface area (Å²) in [5.74, 6) is -1.48. The lowest BCUT2D eigenvalue weighted by Crippen LogP contribution is -2.12. The van der Waals surface area contributed by atoms with Crippen LogP contribution in [0, 0.1) is 5.82 Å². The van der Waals surface area contributed by atoms with Gasteiger partial charge in [0.25, 0.3) is 0 Å². The number of phenols is 1. The second-order valence-electron chi connectivity index (χ2n) is 7.07. The predicted octanol–water partition coefficient (Wildman–Crippen LogP) is 6.59. The smallest absolute Gasteiger partial charge is 0.338 e. The van der Waals surface area contributed by atoms with E-state index in [4.69, 9.17) is 9.84 Å². The molecule has 3 aromatic rings. The summed E-state index contributed by atoms with van der Waals surface area (Å²) in [6, 6.07) is 11.5. The van der Waals surface area contributed by atoms with Crippen LogP contribution in [-0.4, -0.2) is 21.3 Å². The number of hydrogen-bond donors (Lipinski definition) is 3. The third kappa shape index (κ3) is 5.35. The molecule has 0 aliphatic heterocycles. The number of carboxylic acid groups (broad SMARTS) is 1. The molecule has 0 heterocycles. The zero-order chi connectivity index (χ0) is 23.6. The third-order valence-corrected chi connectivity index (χ3v) is 6.44. The number of benzene rings is 3. The van der Waals surface area contributed by atoms with Gasteiger partial charge in [-0.05, 0) is 92.4 Å². The lowest BCUT2D eigenvalue weighted by atomic mass is 10.0. The number of carbonyl (C=O) groups is 1. The van der Waals surface area contributed by atoms with Gasteiger partial charge in [-0.25, -0.2) is 9.18 Å². The summed E-state index contributed by atoms with van der Waals surface area (Å²) in [7, 11) is -0.454. The van der Waals surface area contributed by atoms with Crippen LogP contribution >= 0.6 is 40.3 Å². The summed E-state index contributed by atoms with van der Waals surface area (Å²) >= 11 is 6.76. The number of ether oxygens (including phenoxy) is 1.